The molecule has 1 saturated heterocycles. The van der Waals surface area contributed by atoms with E-state index >= 15 is 0 Å². The van der Waals surface area contributed by atoms with E-state index in [0.717, 1.165) is 13.2 Å². The maximum Gasteiger partial charge on any atom is 0.0700 e. The van der Waals surface area contributed by atoms with E-state index in [9.17, 15) is 0 Å². The van der Waals surface area contributed by atoms with Gasteiger partial charge in [-0.2, -0.15) is 0 Å². The Morgan fingerprint density at radius 1 is 1.44 bits per heavy atom. The normalized spacial score (nSPS) is 24.6. The van der Waals surface area contributed by atoms with Crippen LogP contribution in [0.4, 0.5) is 0 Å². The molecule has 0 spiro atoms. The Kier molecular flexibility index (Phi) is 6.32. The second-order valence-corrected chi connectivity index (χ2v) is 5.24. The highest BCUT2D eigenvalue weighted by molar-refractivity contribution is 4.85. The predicted molar refractivity (Wildman–Crippen MR) is 68.6 cm³/mol. The first-order chi connectivity index (χ1) is 7.70. The molecule has 1 rings (SSSR count). The molecule has 3 nitrogen and oxygen atoms in total. The molecule has 3 heteroatoms. The third-order valence-electron chi connectivity index (χ3n) is 3.56. The van der Waals surface area contributed by atoms with Crippen molar-refractivity contribution in [3.63, 3.8) is 0 Å². The van der Waals surface area contributed by atoms with Gasteiger partial charge in [-0.3, -0.25) is 0 Å². The Morgan fingerprint density at radius 3 is 2.81 bits per heavy atom. The summed E-state index contributed by atoms with van der Waals surface area (Å²) in [4.78, 5) is 0. The summed E-state index contributed by atoms with van der Waals surface area (Å²) < 4.78 is 5.62. The van der Waals surface area contributed by atoms with Crippen LogP contribution >= 0.6 is 0 Å². The summed E-state index contributed by atoms with van der Waals surface area (Å²) in [7, 11) is 0. The van der Waals surface area contributed by atoms with Crippen LogP contribution in [0.5, 0.6) is 0 Å². The van der Waals surface area contributed by atoms with Gasteiger partial charge in [0.2, 0.25) is 0 Å². The number of unbranched alkanes of at least 4 members (excludes halogenated alkanes) is 2. The fraction of sp³-hybridized carbons (Fsp3) is 1.00. The first-order valence-electron chi connectivity index (χ1n) is 6.77. The molecule has 1 fully saturated rings. The lowest BCUT2D eigenvalue weighted by Gasteiger charge is -2.31. The Hall–Kier alpha value is -0.120. The number of rotatable bonds is 8. The molecular weight excluding hydrogens is 200 g/mol. The number of hydrogen-bond acceptors (Lipinski definition) is 3. The van der Waals surface area contributed by atoms with Gasteiger partial charge in [0.05, 0.1) is 6.10 Å². The standard InChI is InChI=1S/C13H28N2O/c1-3-4-5-8-13(2,11-14)15-10-12-7-6-9-16-12/h12,15H,3-11,14H2,1-2H3. The largest absolute Gasteiger partial charge is 0.377 e. The predicted octanol–water partition coefficient (Wildman–Crippen LogP) is 2.05. The van der Waals surface area contributed by atoms with Crippen molar-refractivity contribution in [2.45, 2.75) is 64.0 Å². The summed E-state index contributed by atoms with van der Waals surface area (Å²) in [5.74, 6) is 0. The highest BCUT2D eigenvalue weighted by Gasteiger charge is 2.24. The molecule has 0 bridgehead atoms. The summed E-state index contributed by atoms with van der Waals surface area (Å²) in [5, 5.41) is 3.60. The zero-order valence-corrected chi connectivity index (χ0v) is 10.9. The van der Waals surface area contributed by atoms with Crippen LogP contribution in [0.3, 0.4) is 0 Å². The lowest BCUT2D eigenvalue weighted by Crippen LogP contribution is -2.51. The zero-order valence-electron chi connectivity index (χ0n) is 10.9. The van der Waals surface area contributed by atoms with E-state index in [-0.39, 0.29) is 5.54 Å². The maximum atomic E-state index is 5.87. The molecule has 0 aromatic rings. The van der Waals surface area contributed by atoms with Crippen molar-refractivity contribution in [3.05, 3.63) is 0 Å². The second-order valence-electron chi connectivity index (χ2n) is 5.24. The van der Waals surface area contributed by atoms with Gasteiger partial charge in [0, 0.05) is 25.2 Å². The minimum absolute atomic E-state index is 0.0983. The molecular formula is C13H28N2O. The van der Waals surface area contributed by atoms with Gasteiger partial charge in [0.15, 0.2) is 0 Å². The lowest BCUT2D eigenvalue weighted by molar-refractivity contribution is 0.101. The monoisotopic (exact) mass is 228 g/mol. The molecule has 0 aromatic heterocycles. The molecule has 1 aliphatic rings. The van der Waals surface area contributed by atoms with E-state index in [1.807, 2.05) is 0 Å². The molecule has 0 saturated carbocycles. The third-order valence-corrected chi connectivity index (χ3v) is 3.56. The van der Waals surface area contributed by atoms with Crippen molar-refractivity contribution in [2.75, 3.05) is 19.7 Å². The third kappa shape index (κ3) is 4.81. The summed E-state index contributed by atoms with van der Waals surface area (Å²) in [6.07, 6.45) is 7.83. The number of nitrogens with two attached hydrogens (primary N) is 1. The Morgan fingerprint density at radius 2 is 2.25 bits per heavy atom. The molecule has 0 aliphatic carbocycles. The topological polar surface area (TPSA) is 47.3 Å². The van der Waals surface area contributed by atoms with Gasteiger partial charge in [-0.25, -0.2) is 0 Å². The first kappa shape index (κ1) is 13.9. The van der Waals surface area contributed by atoms with Crippen molar-refractivity contribution < 1.29 is 4.74 Å². The minimum Gasteiger partial charge on any atom is -0.377 e. The average Bonchev–Trinajstić information content (AvgIpc) is 2.80. The minimum atomic E-state index is 0.0983. The summed E-state index contributed by atoms with van der Waals surface area (Å²) >= 11 is 0. The molecule has 16 heavy (non-hydrogen) atoms. The second kappa shape index (κ2) is 7.25. The van der Waals surface area contributed by atoms with Crippen LogP contribution in [0.1, 0.15) is 52.4 Å². The summed E-state index contributed by atoms with van der Waals surface area (Å²) in [6, 6.07) is 0. The zero-order chi connectivity index (χ0) is 11.9. The molecule has 96 valence electrons. The lowest BCUT2D eigenvalue weighted by atomic mass is 9.94. The van der Waals surface area contributed by atoms with E-state index in [1.165, 1.54) is 38.5 Å². The number of ether oxygens (including phenoxy) is 1. The molecule has 1 heterocycles. The van der Waals surface area contributed by atoms with Crippen LogP contribution < -0.4 is 11.1 Å². The Bertz CT molecular complexity index is 181. The quantitative estimate of drug-likeness (QED) is 0.625. The smallest absolute Gasteiger partial charge is 0.0700 e. The van der Waals surface area contributed by atoms with Crippen molar-refractivity contribution in [2.24, 2.45) is 5.73 Å². The highest BCUT2D eigenvalue weighted by Crippen LogP contribution is 2.16. The van der Waals surface area contributed by atoms with Crippen LogP contribution in [-0.2, 0) is 4.74 Å². The summed E-state index contributed by atoms with van der Waals surface area (Å²) in [5.41, 5.74) is 5.97. The van der Waals surface area contributed by atoms with E-state index in [0.29, 0.717) is 12.6 Å². The van der Waals surface area contributed by atoms with Crippen LogP contribution in [0, 0.1) is 0 Å². The van der Waals surface area contributed by atoms with Crippen molar-refractivity contribution >= 4 is 0 Å². The molecule has 0 radical (unpaired) electrons. The molecule has 2 unspecified atom stereocenters. The van der Waals surface area contributed by atoms with E-state index in [1.54, 1.807) is 0 Å². The van der Waals surface area contributed by atoms with Gasteiger partial charge in [-0.05, 0) is 26.2 Å². The number of hydrogen-bond donors (Lipinski definition) is 2. The Labute approximate surface area is 100 Å². The maximum absolute atomic E-state index is 5.87. The molecule has 0 amide bonds. The SMILES string of the molecule is CCCCCC(C)(CN)NCC1CCCO1. The summed E-state index contributed by atoms with van der Waals surface area (Å²) in [6.45, 7) is 7.07. The molecule has 3 N–H and O–H groups in total. The van der Waals surface area contributed by atoms with Gasteiger partial charge in [-0.1, -0.05) is 26.2 Å². The van der Waals surface area contributed by atoms with Gasteiger partial charge in [0.25, 0.3) is 0 Å². The van der Waals surface area contributed by atoms with Crippen molar-refractivity contribution in [1.82, 2.24) is 5.32 Å². The van der Waals surface area contributed by atoms with Gasteiger partial charge >= 0.3 is 0 Å². The fourth-order valence-electron chi connectivity index (χ4n) is 2.19. The van der Waals surface area contributed by atoms with E-state index in [4.69, 9.17) is 10.5 Å². The highest BCUT2D eigenvalue weighted by atomic mass is 16.5. The molecule has 1 aliphatic heterocycles. The van der Waals surface area contributed by atoms with E-state index in [2.05, 4.69) is 19.2 Å². The van der Waals surface area contributed by atoms with Gasteiger partial charge in [0.1, 0.15) is 0 Å². The van der Waals surface area contributed by atoms with E-state index < -0.39 is 0 Å². The van der Waals surface area contributed by atoms with Crippen LogP contribution in [0.25, 0.3) is 0 Å². The molecule has 0 aromatic carbocycles. The van der Waals surface area contributed by atoms with Crippen molar-refractivity contribution in [1.29, 1.82) is 0 Å². The van der Waals surface area contributed by atoms with Crippen LogP contribution in [0.15, 0.2) is 0 Å². The average molecular weight is 228 g/mol. The van der Waals surface area contributed by atoms with Crippen LogP contribution in [-0.4, -0.2) is 31.3 Å². The van der Waals surface area contributed by atoms with Gasteiger partial charge in [-0.15, -0.1) is 0 Å². The van der Waals surface area contributed by atoms with Crippen LogP contribution in [0.2, 0.25) is 0 Å². The number of nitrogens with one attached hydrogen (secondary N) is 1. The molecule has 2 atom stereocenters. The van der Waals surface area contributed by atoms with Crippen molar-refractivity contribution in [3.8, 4) is 0 Å². The fourth-order valence-corrected chi connectivity index (χ4v) is 2.19. The first-order valence-corrected chi connectivity index (χ1v) is 6.77. The Balaban J connectivity index is 2.21. The van der Waals surface area contributed by atoms with Gasteiger partial charge < -0.3 is 15.8 Å².